The quantitative estimate of drug-likeness (QED) is 0.863. The monoisotopic (exact) mass is 325 g/mol. The van der Waals surface area contributed by atoms with Gasteiger partial charge in [0.25, 0.3) is 0 Å². The van der Waals surface area contributed by atoms with Crippen LogP contribution in [-0.4, -0.2) is 42.1 Å². The molecule has 2 rings (SSSR count). The number of rotatable bonds is 4. The lowest BCUT2D eigenvalue weighted by Crippen LogP contribution is -2.28. The van der Waals surface area contributed by atoms with Crippen molar-refractivity contribution >= 4 is 29.9 Å². The van der Waals surface area contributed by atoms with Crippen LogP contribution < -0.4 is 4.74 Å². The summed E-state index contributed by atoms with van der Waals surface area (Å²) in [5.74, 6) is -0.726. The summed E-state index contributed by atoms with van der Waals surface area (Å²) in [6.07, 6.45) is 2.06. The first kappa shape index (κ1) is 18.0. The van der Waals surface area contributed by atoms with Crippen molar-refractivity contribution in [3.63, 3.8) is 0 Å². The number of methoxy groups -OCH3 is 1. The summed E-state index contributed by atoms with van der Waals surface area (Å²) in [5.41, 5.74) is 1.67. The van der Waals surface area contributed by atoms with Crippen LogP contribution in [-0.2, 0) is 9.59 Å². The van der Waals surface area contributed by atoms with Crippen molar-refractivity contribution in [3.8, 4) is 5.75 Å². The predicted octanol–water partition coefficient (Wildman–Crippen LogP) is 2.45. The largest absolute Gasteiger partial charge is 0.496 e. The number of carboxylic acids is 1. The number of halogens is 1. The number of likely N-dealkylation sites (tertiary alicyclic amines) is 1. The molecule has 0 aliphatic carbocycles. The highest BCUT2D eigenvalue weighted by Gasteiger charge is 2.30. The lowest BCUT2D eigenvalue weighted by Gasteiger charge is -2.14. The number of carboxylic acid groups (broad SMARTS) is 1. The molecule has 1 saturated heterocycles. The first-order valence-electron chi connectivity index (χ1n) is 6.86. The van der Waals surface area contributed by atoms with Gasteiger partial charge in [0.05, 0.1) is 13.0 Å². The van der Waals surface area contributed by atoms with Crippen LogP contribution in [0.5, 0.6) is 5.75 Å². The first-order chi connectivity index (χ1) is 10.0. The second kappa shape index (κ2) is 7.84. The molecule has 0 saturated carbocycles. The van der Waals surface area contributed by atoms with Crippen LogP contribution >= 0.6 is 12.4 Å². The lowest BCUT2D eigenvalue weighted by molar-refractivity contribution is -0.141. The van der Waals surface area contributed by atoms with E-state index in [1.807, 2.05) is 31.2 Å². The van der Waals surface area contributed by atoms with Crippen molar-refractivity contribution in [1.29, 1.82) is 0 Å². The van der Waals surface area contributed by atoms with Crippen LogP contribution in [0.4, 0.5) is 0 Å². The highest BCUT2D eigenvalue weighted by Crippen LogP contribution is 2.26. The number of benzene rings is 1. The number of allylic oxidation sites excluding steroid dienone is 1. The molecule has 1 heterocycles. The van der Waals surface area contributed by atoms with Gasteiger partial charge >= 0.3 is 5.97 Å². The summed E-state index contributed by atoms with van der Waals surface area (Å²) in [4.78, 5) is 24.7. The molecular formula is C16H20ClNO4. The van der Waals surface area contributed by atoms with Gasteiger partial charge in [0.1, 0.15) is 5.75 Å². The minimum Gasteiger partial charge on any atom is -0.496 e. The Bertz CT molecular complexity index is 585. The molecule has 0 radical (unpaired) electrons. The van der Waals surface area contributed by atoms with Crippen LogP contribution in [0.15, 0.2) is 30.3 Å². The average Bonchev–Trinajstić information content (AvgIpc) is 2.97. The molecular weight excluding hydrogens is 306 g/mol. The number of carbonyl (C=O) groups excluding carboxylic acids is 1. The third-order valence-corrected chi connectivity index (χ3v) is 3.72. The predicted molar refractivity (Wildman–Crippen MR) is 86.2 cm³/mol. The molecule has 1 atom stereocenters. The van der Waals surface area contributed by atoms with E-state index in [2.05, 4.69) is 0 Å². The molecule has 1 aromatic carbocycles. The Morgan fingerprint density at radius 2 is 2.05 bits per heavy atom. The summed E-state index contributed by atoms with van der Waals surface area (Å²) < 4.78 is 5.28. The number of aliphatic carboxylic acids is 1. The summed E-state index contributed by atoms with van der Waals surface area (Å²) in [6, 6.07) is 7.49. The van der Waals surface area contributed by atoms with E-state index in [4.69, 9.17) is 9.84 Å². The van der Waals surface area contributed by atoms with Crippen molar-refractivity contribution in [3.05, 3.63) is 35.9 Å². The zero-order valence-corrected chi connectivity index (χ0v) is 13.4. The molecule has 1 amide bonds. The smallest absolute Gasteiger partial charge is 0.308 e. The summed E-state index contributed by atoms with van der Waals surface area (Å²) in [7, 11) is 1.59. The maximum atomic E-state index is 12.2. The lowest BCUT2D eigenvalue weighted by atomic mass is 10.1. The fraction of sp³-hybridized carbons (Fsp3) is 0.375. The zero-order valence-electron chi connectivity index (χ0n) is 12.6. The van der Waals surface area contributed by atoms with E-state index in [9.17, 15) is 9.59 Å². The molecule has 1 aliphatic heterocycles. The van der Waals surface area contributed by atoms with Gasteiger partial charge in [-0.2, -0.15) is 0 Å². The first-order valence-corrected chi connectivity index (χ1v) is 6.86. The summed E-state index contributed by atoms with van der Waals surface area (Å²) >= 11 is 0. The van der Waals surface area contributed by atoms with Gasteiger partial charge in [-0.15, -0.1) is 12.4 Å². The average molecular weight is 326 g/mol. The van der Waals surface area contributed by atoms with E-state index in [-0.39, 0.29) is 24.9 Å². The summed E-state index contributed by atoms with van der Waals surface area (Å²) in [6.45, 7) is 2.62. The van der Waals surface area contributed by atoms with Gasteiger partial charge in [0.15, 0.2) is 0 Å². The van der Waals surface area contributed by atoms with Crippen LogP contribution in [0.2, 0.25) is 0 Å². The molecule has 1 N–H and O–H groups in total. The van der Waals surface area contributed by atoms with Crippen LogP contribution in [0.1, 0.15) is 18.9 Å². The number of carbonyl (C=O) groups is 2. The van der Waals surface area contributed by atoms with Gasteiger partial charge < -0.3 is 14.7 Å². The molecule has 6 heteroatoms. The van der Waals surface area contributed by atoms with Gasteiger partial charge in [-0.1, -0.05) is 18.2 Å². The fourth-order valence-electron chi connectivity index (χ4n) is 2.49. The van der Waals surface area contributed by atoms with E-state index in [0.29, 0.717) is 18.7 Å². The van der Waals surface area contributed by atoms with Crippen molar-refractivity contribution in [2.75, 3.05) is 20.2 Å². The third-order valence-electron chi connectivity index (χ3n) is 3.72. The Balaban J connectivity index is 0.00000242. The van der Waals surface area contributed by atoms with Crippen LogP contribution in [0.25, 0.3) is 5.57 Å². The SMILES string of the molecule is COc1ccccc1C(C)=CC(=O)N1CCC(C(=O)O)C1.Cl. The molecule has 1 aromatic rings. The molecule has 1 aliphatic rings. The highest BCUT2D eigenvalue weighted by molar-refractivity contribution is 5.96. The molecule has 0 spiro atoms. The standard InChI is InChI=1S/C16H19NO4.ClH/c1-11(13-5-3-4-6-14(13)21-2)9-15(18)17-8-7-12(10-17)16(19)20;/h3-6,9,12H,7-8,10H2,1-2H3,(H,19,20);1H. The Kier molecular flexibility index (Phi) is 6.43. The molecule has 1 fully saturated rings. The zero-order chi connectivity index (χ0) is 15.4. The molecule has 1 unspecified atom stereocenters. The van der Waals surface area contributed by atoms with Gasteiger partial charge in [-0.25, -0.2) is 0 Å². The minimum absolute atomic E-state index is 0. The van der Waals surface area contributed by atoms with Crippen molar-refractivity contribution in [2.45, 2.75) is 13.3 Å². The van der Waals surface area contributed by atoms with Crippen LogP contribution in [0, 0.1) is 5.92 Å². The second-order valence-electron chi connectivity index (χ2n) is 5.14. The molecule has 0 bridgehead atoms. The molecule has 5 nitrogen and oxygen atoms in total. The number of hydrogen-bond acceptors (Lipinski definition) is 3. The topological polar surface area (TPSA) is 66.8 Å². The minimum atomic E-state index is -0.837. The summed E-state index contributed by atoms with van der Waals surface area (Å²) in [5, 5.41) is 8.97. The number of para-hydroxylation sites is 1. The fourth-order valence-corrected chi connectivity index (χ4v) is 2.49. The molecule has 22 heavy (non-hydrogen) atoms. The second-order valence-corrected chi connectivity index (χ2v) is 5.14. The van der Waals surface area contributed by atoms with Crippen molar-refractivity contribution in [1.82, 2.24) is 4.90 Å². The number of ether oxygens (including phenoxy) is 1. The van der Waals surface area contributed by atoms with E-state index in [1.54, 1.807) is 18.1 Å². The van der Waals surface area contributed by atoms with Crippen molar-refractivity contribution < 1.29 is 19.4 Å². The number of amides is 1. The van der Waals surface area contributed by atoms with Gasteiger partial charge in [-0.3, -0.25) is 9.59 Å². The maximum Gasteiger partial charge on any atom is 0.308 e. The van der Waals surface area contributed by atoms with Gasteiger partial charge in [0.2, 0.25) is 5.91 Å². The Morgan fingerprint density at radius 1 is 1.36 bits per heavy atom. The number of nitrogens with zero attached hydrogens (tertiary/aromatic N) is 1. The van der Waals surface area contributed by atoms with E-state index >= 15 is 0 Å². The highest BCUT2D eigenvalue weighted by atomic mass is 35.5. The van der Waals surface area contributed by atoms with E-state index < -0.39 is 11.9 Å². The maximum absolute atomic E-state index is 12.2. The Hall–Kier alpha value is -2.01. The van der Waals surface area contributed by atoms with Gasteiger partial charge in [-0.05, 0) is 25.0 Å². The van der Waals surface area contributed by atoms with Gasteiger partial charge in [0, 0.05) is 24.7 Å². The normalized spacial score (nSPS) is 17.8. The Labute approximate surface area is 136 Å². The van der Waals surface area contributed by atoms with E-state index in [1.165, 1.54) is 0 Å². The third kappa shape index (κ3) is 4.01. The van der Waals surface area contributed by atoms with E-state index in [0.717, 1.165) is 11.1 Å². The number of hydrogen-bond donors (Lipinski definition) is 1. The molecule has 0 aromatic heterocycles. The molecule has 120 valence electrons. The van der Waals surface area contributed by atoms with Crippen molar-refractivity contribution in [2.24, 2.45) is 5.92 Å². The Morgan fingerprint density at radius 3 is 2.64 bits per heavy atom. The van der Waals surface area contributed by atoms with Crippen LogP contribution in [0.3, 0.4) is 0 Å².